The summed E-state index contributed by atoms with van der Waals surface area (Å²) in [4.78, 5) is 9.48. The number of nitrogens with one attached hydrogen (secondary N) is 1. The van der Waals surface area contributed by atoms with Gasteiger partial charge >= 0.3 is 0 Å². The largest absolute Gasteiger partial charge is 0.372 e. The van der Waals surface area contributed by atoms with Crippen molar-refractivity contribution in [3.8, 4) is 11.4 Å². The summed E-state index contributed by atoms with van der Waals surface area (Å²) in [5.41, 5.74) is 3.36. The van der Waals surface area contributed by atoms with E-state index in [4.69, 9.17) is 4.98 Å². The Morgan fingerprint density at radius 2 is 2.00 bits per heavy atom. The first-order valence-electron chi connectivity index (χ1n) is 6.93. The van der Waals surface area contributed by atoms with Gasteiger partial charge < -0.3 is 5.32 Å². The molecule has 112 valence electrons. The second-order valence-corrected chi connectivity index (χ2v) is 7.46. The molecular weight excluding hydrogens is 441 g/mol. The molecule has 0 fully saturated rings. The molecule has 2 rings (SSSR count). The van der Waals surface area contributed by atoms with Gasteiger partial charge in [0, 0.05) is 17.1 Å². The maximum atomic E-state index is 4.81. The lowest BCUT2D eigenvalue weighted by Gasteiger charge is -2.14. The highest BCUT2D eigenvalue weighted by molar-refractivity contribution is 14.1. The molecule has 0 atom stereocenters. The molecule has 1 heterocycles. The predicted octanol–water partition coefficient (Wildman–Crippen LogP) is 5.06. The van der Waals surface area contributed by atoms with Gasteiger partial charge in [-0.15, -0.1) is 0 Å². The van der Waals surface area contributed by atoms with Crippen molar-refractivity contribution in [3.05, 3.63) is 37.5 Å². The molecule has 0 unspecified atom stereocenters. The van der Waals surface area contributed by atoms with Crippen LogP contribution >= 0.6 is 38.5 Å². The van der Waals surface area contributed by atoms with Crippen LogP contribution in [0.1, 0.15) is 25.1 Å². The average Bonchev–Trinajstić information content (AvgIpc) is 2.41. The van der Waals surface area contributed by atoms with Gasteiger partial charge in [0.1, 0.15) is 5.82 Å². The molecule has 0 bridgehead atoms. The topological polar surface area (TPSA) is 37.8 Å². The van der Waals surface area contributed by atoms with Crippen molar-refractivity contribution >= 4 is 44.3 Å². The second kappa shape index (κ2) is 7.05. The maximum Gasteiger partial charge on any atom is 0.162 e. The monoisotopic (exact) mass is 459 g/mol. The minimum absolute atomic E-state index is 0.567. The number of halogens is 2. The van der Waals surface area contributed by atoms with E-state index in [0.717, 1.165) is 37.4 Å². The van der Waals surface area contributed by atoms with E-state index in [9.17, 15) is 0 Å². The van der Waals surface area contributed by atoms with Crippen LogP contribution in [0, 0.1) is 16.4 Å². The van der Waals surface area contributed by atoms with Gasteiger partial charge in [-0.05, 0) is 65.6 Å². The molecule has 0 saturated carbocycles. The lowest BCUT2D eigenvalue weighted by Crippen LogP contribution is -2.08. The lowest BCUT2D eigenvalue weighted by atomic mass is 10.1. The number of benzene rings is 1. The molecular formula is C16H19BrIN3. The Kier molecular flexibility index (Phi) is 5.60. The van der Waals surface area contributed by atoms with Gasteiger partial charge in [0.2, 0.25) is 0 Å². The first kappa shape index (κ1) is 16.7. The SMILES string of the molecule is CNc1nc(-c2ccc(Br)cc2C)nc(CC(C)C)c1I. The Labute approximate surface area is 148 Å². The van der Waals surface area contributed by atoms with Gasteiger partial charge in [-0.25, -0.2) is 9.97 Å². The standard InChI is InChI=1S/C16H19BrIN3/c1-9(2)7-13-14(18)16(19-4)21-15(20-13)12-6-5-11(17)8-10(12)3/h5-6,8-9H,7H2,1-4H3,(H,19,20,21). The first-order valence-corrected chi connectivity index (χ1v) is 8.80. The van der Waals surface area contributed by atoms with Crippen molar-refractivity contribution in [2.45, 2.75) is 27.2 Å². The minimum atomic E-state index is 0.567. The minimum Gasteiger partial charge on any atom is -0.372 e. The quantitative estimate of drug-likeness (QED) is 0.649. The lowest BCUT2D eigenvalue weighted by molar-refractivity contribution is 0.632. The second-order valence-electron chi connectivity index (χ2n) is 5.46. The van der Waals surface area contributed by atoms with E-state index in [1.54, 1.807) is 0 Å². The van der Waals surface area contributed by atoms with Crippen molar-refractivity contribution in [1.29, 1.82) is 0 Å². The number of aromatic nitrogens is 2. The zero-order chi connectivity index (χ0) is 15.6. The molecule has 0 aliphatic rings. The van der Waals surface area contributed by atoms with E-state index < -0.39 is 0 Å². The van der Waals surface area contributed by atoms with Gasteiger partial charge in [-0.3, -0.25) is 0 Å². The number of nitrogens with zero attached hydrogens (tertiary/aromatic N) is 2. The summed E-state index contributed by atoms with van der Waals surface area (Å²) < 4.78 is 2.19. The molecule has 5 heteroatoms. The molecule has 0 spiro atoms. The van der Waals surface area contributed by atoms with Crippen LogP contribution in [-0.4, -0.2) is 17.0 Å². The van der Waals surface area contributed by atoms with Crippen LogP contribution in [0.25, 0.3) is 11.4 Å². The molecule has 1 N–H and O–H groups in total. The highest BCUT2D eigenvalue weighted by atomic mass is 127. The molecule has 0 amide bonds. The molecule has 1 aromatic heterocycles. The number of rotatable bonds is 4. The smallest absolute Gasteiger partial charge is 0.162 e. The van der Waals surface area contributed by atoms with E-state index in [2.05, 4.69) is 81.7 Å². The summed E-state index contributed by atoms with van der Waals surface area (Å²) in [6, 6.07) is 6.20. The fourth-order valence-electron chi connectivity index (χ4n) is 2.18. The summed E-state index contributed by atoms with van der Waals surface area (Å²) in [6.07, 6.45) is 0.956. The van der Waals surface area contributed by atoms with Crippen LogP contribution in [0.15, 0.2) is 22.7 Å². The van der Waals surface area contributed by atoms with Gasteiger partial charge in [0.15, 0.2) is 5.82 Å². The highest BCUT2D eigenvalue weighted by Crippen LogP contribution is 2.28. The van der Waals surface area contributed by atoms with Crippen LogP contribution in [0.2, 0.25) is 0 Å². The number of hydrogen-bond acceptors (Lipinski definition) is 3. The van der Waals surface area contributed by atoms with Crippen LogP contribution in [0.4, 0.5) is 5.82 Å². The van der Waals surface area contributed by atoms with Gasteiger partial charge in [0.05, 0.1) is 9.26 Å². The van der Waals surface area contributed by atoms with Crippen LogP contribution in [0.3, 0.4) is 0 Å². The average molecular weight is 460 g/mol. The molecule has 0 aliphatic heterocycles. The predicted molar refractivity (Wildman–Crippen MR) is 101 cm³/mol. The van der Waals surface area contributed by atoms with E-state index in [-0.39, 0.29) is 0 Å². The van der Waals surface area contributed by atoms with Crippen LogP contribution < -0.4 is 5.32 Å². The zero-order valence-electron chi connectivity index (χ0n) is 12.7. The normalized spacial score (nSPS) is 11.0. The van der Waals surface area contributed by atoms with Crippen molar-refractivity contribution in [2.24, 2.45) is 5.92 Å². The maximum absolute atomic E-state index is 4.81. The van der Waals surface area contributed by atoms with E-state index in [1.807, 2.05) is 13.1 Å². The molecule has 3 nitrogen and oxygen atoms in total. The third-order valence-electron chi connectivity index (χ3n) is 3.19. The fraction of sp³-hybridized carbons (Fsp3) is 0.375. The van der Waals surface area contributed by atoms with Crippen molar-refractivity contribution in [3.63, 3.8) is 0 Å². The molecule has 0 aliphatic carbocycles. The van der Waals surface area contributed by atoms with Crippen LogP contribution in [0.5, 0.6) is 0 Å². The Bertz CT molecular complexity index is 656. The van der Waals surface area contributed by atoms with E-state index in [0.29, 0.717) is 5.92 Å². The number of anilines is 1. The fourth-order valence-corrected chi connectivity index (χ4v) is 3.39. The van der Waals surface area contributed by atoms with Crippen molar-refractivity contribution < 1.29 is 0 Å². The van der Waals surface area contributed by atoms with Gasteiger partial charge in [-0.2, -0.15) is 0 Å². The summed E-state index contributed by atoms with van der Waals surface area (Å²) in [5.74, 6) is 2.26. The summed E-state index contributed by atoms with van der Waals surface area (Å²) in [6.45, 7) is 6.51. The van der Waals surface area contributed by atoms with Crippen molar-refractivity contribution in [1.82, 2.24) is 9.97 Å². The van der Waals surface area contributed by atoms with E-state index >= 15 is 0 Å². The third kappa shape index (κ3) is 3.94. The Balaban J connectivity index is 2.58. The Morgan fingerprint density at radius 1 is 1.29 bits per heavy atom. The van der Waals surface area contributed by atoms with E-state index in [1.165, 1.54) is 5.56 Å². The summed E-state index contributed by atoms with van der Waals surface area (Å²) in [7, 11) is 1.90. The summed E-state index contributed by atoms with van der Waals surface area (Å²) >= 11 is 5.83. The molecule has 0 saturated heterocycles. The molecule has 21 heavy (non-hydrogen) atoms. The number of hydrogen-bond donors (Lipinski definition) is 1. The Hall–Kier alpha value is -0.690. The van der Waals surface area contributed by atoms with Crippen LogP contribution in [-0.2, 0) is 6.42 Å². The highest BCUT2D eigenvalue weighted by Gasteiger charge is 2.15. The molecule has 1 aromatic carbocycles. The Morgan fingerprint density at radius 3 is 2.57 bits per heavy atom. The van der Waals surface area contributed by atoms with Gasteiger partial charge in [0.25, 0.3) is 0 Å². The summed E-state index contributed by atoms with van der Waals surface area (Å²) in [5, 5.41) is 3.18. The number of aryl methyl sites for hydroxylation is 1. The van der Waals surface area contributed by atoms with Gasteiger partial charge in [-0.1, -0.05) is 29.8 Å². The zero-order valence-corrected chi connectivity index (χ0v) is 16.4. The molecule has 0 radical (unpaired) electrons. The molecule has 2 aromatic rings. The first-order chi connectivity index (χ1) is 9.92. The van der Waals surface area contributed by atoms with Crippen molar-refractivity contribution in [2.75, 3.05) is 12.4 Å². The third-order valence-corrected chi connectivity index (χ3v) is 4.81.